The number of aromatic nitrogens is 2. The SMILES string of the molecule is CC1CC(Nc2cnns2)CN1C1CC1. The normalized spacial score (nSPS) is 32.1. The molecular formula is C10H16N4S. The maximum atomic E-state index is 3.87. The van der Waals surface area contributed by atoms with E-state index in [0.29, 0.717) is 6.04 Å². The predicted molar refractivity (Wildman–Crippen MR) is 61.1 cm³/mol. The van der Waals surface area contributed by atoms with Crippen molar-refractivity contribution >= 4 is 16.5 Å². The fourth-order valence-electron chi connectivity index (χ4n) is 2.51. The summed E-state index contributed by atoms with van der Waals surface area (Å²) in [5.74, 6) is 0. The Morgan fingerprint density at radius 3 is 3.07 bits per heavy atom. The summed E-state index contributed by atoms with van der Waals surface area (Å²) in [6.45, 7) is 3.52. The number of rotatable bonds is 3. The third-order valence-electron chi connectivity index (χ3n) is 3.35. The summed E-state index contributed by atoms with van der Waals surface area (Å²) in [7, 11) is 0. The molecule has 15 heavy (non-hydrogen) atoms. The van der Waals surface area contributed by atoms with Crippen molar-refractivity contribution in [3.8, 4) is 0 Å². The van der Waals surface area contributed by atoms with Crippen molar-refractivity contribution in [3.05, 3.63) is 6.20 Å². The Hall–Kier alpha value is -0.680. The molecule has 2 atom stereocenters. The van der Waals surface area contributed by atoms with Crippen molar-refractivity contribution in [1.82, 2.24) is 14.5 Å². The summed E-state index contributed by atoms with van der Waals surface area (Å²) in [6.07, 6.45) is 5.86. The standard InChI is InChI=1S/C10H16N4S/c1-7-4-8(6-14(7)9-2-3-9)12-10-5-11-13-15-10/h5,7-9,12H,2-4,6H2,1H3. The van der Waals surface area contributed by atoms with E-state index in [4.69, 9.17) is 0 Å². The zero-order valence-corrected chi connectivity index (χ0v) is 9.70. The number of hydrogen-bond donors (Lipinski definition) is 1. The summed E-state index contributed by atoms with van der Waals surface area (Å²) in [6, 6.07) is 2.20. The van der Waals surface area contributed by atoms with Crippen LogP contribution in [0.3, 0.4) is 0 Å². The second kappa shape index (κ2) is 3.72. The minimum Gasteiger partial charge on any atom is -0.370 e. The molecule has 1 aliphatic carbocycles. The van der Waals surface area contributed by atoms with Crippen LogP contribution in [0, 0.1) is 0 Å². The highest BCUT2D eigenvalue weighted by molar-refractivity contribution is 7.09. The van der Waals surface area contributed by atoms with E-state index in [1.54, 1.807) is 0 Å². The Bertz CT molecular complexity index is 322. The smallest absolute Gasteiger partial charge is 0.130 e. The van der Waals surface area contributed by atoms with Crippen molar-refractivity contribution in [2.75, 3.05) is 11.9 Å². The number of hydrogen-bond acceptors (Lipinski definition) is 5. The number of nitrogens with zero attached hydrogens (tertiary/aromatic N) is 3. The van der Waals surface area contributed by atoms with Gasteiger partial charge in [-0.25, -0.2) is 0 Å². The Morgan fingerprint density at radius 1 is 1.53 bits per heavy atom. The highest BCUT2D eigenvalue weighted by Gasteiger charge is 2.38. The fourth-order valence-corrected chi connectivity index (χ4v) is 3.00. The molecule has 0 radical (unpaired) electrons. The second-order valence-electron chi connectivity index (χ2n) is 4.64. The monoisotopic (exact) mass is 224 g/mol. The molecule has 0 bridgehead atoms. The summed E-state index contributed by atoms with van der Waals surface area (Å²) < 4.78 is 3.87. The van der Waals surface area contributed by atoms with Crippen LogP contribution in [0.15, 0.2) is 6.20 Å². The Morgan fingerprint density at radius 2 is 2.40 bits per heavy atom. The van der Waals surface area contributed by atoms with E-state index < -0.39 is 0 Å². The number of anilines is 1. The van der Waals surface area contributed by atoms with Gasteiger partial charge in [0.15, 0.2) is 0 Å². The van der Waals surface area contributed by atoms with Crippen LogP contribution >= 0.6 is 11.5 Å². The van der Waals surface area contributed by atoms with Crippen LogP contribution in [0.1, 0.15) is 26.2 Å². The van der Waals surface area contributed by atoms with Gasteiger partial charge < -0.3 is 5.32 Å². The van der Waals surface area contributed by atoms with Crippen LogP contribution in [0.5, 0.6) is 0 Å². The van der Waals surface area contributed by atoms with Crippen molar-refractivity contribution in [3.63, 3.8) is 0 Å². The molecule has 4 nitrogen and oxygen atoms in total. The average Bonchev–Trinajstić information content (AvgIpc) is 2.81. The van der Waals surface area contributed by atoms with Crippen LogP contribution in [0.2, 0.25) is 0 Å². The molecule has 0 spiro atoms. The van der Waals surface area contributed by atoms with Gasteiger partial charge >= 0.3 is 0 Å². The van der Waals surface area contributed by atoms with Crippen molar-refractivity contribution in [2.24, 2.45) is 0 Å². The second-order valence-corrected chi connectivity index (χ2v) is 5.42. The molecule has 1 aliphatic heterocycles. The lowest BCUT2D eigenvalue weighted by Crippen LogP contribution is -2.30. The molecule has 5 heteroatoms. The topological polar surface area (TPSA) is 41.1 Å². The molecule has 1 saturated heterocycles. The maximum absolute atomic E-state index is 3.87. The van der Waals surface area contributed by atoms with Gasteiger partial charge in [-0.05, 0) is 26.2 Å². The average molecular weight is 224 g/mol. The van der Waals surface area contributed by atoms with Gasteiger partial charge in [-0.2, -0.15) is 0 Å². The first-order chi connectivity index (χ1) is 7.33. The van der Waals surface area contributed by atoms with Gasteiger partial charge in [0, 0.05) is 36.2 Å². The molecule has 0 aromatic carbocycles. The largest absolute Gasteiger partial charge is 0.370 e. The van der Waals surface area contributed by atoms with E-state index in [1.165, 1.54) is 37.3 Å². The zero-order valence-electron chi connectivity index (χ0n) is 8.89. The van der Waals surface area contributed by atoms with Gasteiger partial charge in [-0.15, -0.1) is 5.10 Å². The first-order valence-electron chi connectivity index (χ1n) is 5.62. The summed E-state index contributed by atoms with van der Waals surface area (Å²) in [5.41, 5.74) is 0. The highest BCUT2D eigenvalue weighted by Crippen LogP contribution is 2.34. The molecule has 2 heterocycles. The van der Waals surface area contributed by atoms with Crippen LogP contribution in [-0.4, -0.2) is 39.2 Å². The third-order valence-corrected chi connectivity index (χ3v) is 3.94. The van der Waals surface area contributed by atoms with Gasteiger partial charge in [0.05, 0.1) is 6.20 Å². The number of likely N-dealkylation sites (tertiary alicyclic amines) is 1. The van der Waals surface area contributed by atoms with Crippen LogP contribution < -0.4 is 5.32 Å². The van der Waals surface area contributed by atoms with Crippen LogP contribution in [-0.2, 0) is 0 Å². The van der Waals surface area contributed by atoms with E-state index >= 15 is 0 Å². The van der Waals surface area contributed by atoms with Crippen molar-refractivity contribution < 1.29 is 0 Å². The van der Waals surface area contributed by atoms with E-state index in [9.17, 15) is 0 Å². The lowest BCUT2D eigenvalue weighted by Gasteiger charge is -2.19. The van der Waals surface area contributed by atoms with Crippen molar-refractivity contribution in [2.45, 2.75) is 44.3 Å². The van der Waals surface area contributed by atoms with Gasteiger partial charge in [-0.3, -0.25) is 4.90 Å². The molecule has 1 aromatic rings. The molecule has 2 fully saturated rings. The zero-order chi connectivity index (χ0) is 10.3. The lowest BCUT2D eigenvalue weighted by atomic mass is 10.2. The summed E-state index contributed by atoms with van der Waals surface area (Å²) in [5, 5.41) is 8.46. The maximum Gasteiger partial charge on any atom is 0.130 e. The van der Waals surface area contributed by atoms with Crippen LogP contribution in [0.4, 0.5) is 5.00 Å². The first kappa shape index (κ1) is 9.54. The summed E-state index contributed by atoms with van der Waals surface area (Å²) >= 11 is 1.45. The minimum absolute atomic E-state index is 0.586. The quantitative estimate of drug-likeness (QED) is 0.846. The molecule has 2 unspecified atom stereocenters. The molecule has 3 rings (SSSR count). The molecule has 1 N–H and O–H groups in total. The molecule has 2 aliphatic rings. The summed E-state index contributed by atoms with van der Waals surface area (Å²) in [4.78, 5) is 2.64. The van der Waals surface area contributed by atoms with Crippen LogP contribution in [0.25, 0.3) is 0 Å². The van der Waals surface area contributed by atoms with E-state index in [0.717, 1.165) is 17.1 Å². The molecular weight excluding hydrogens is 208 g/mol. The van der Waals surface area contributed by atoms with Gasteiger partial charge in [-0.1, -0.05) is 4.49 Å². The van der Waals surface area contributed by atoms with Crippen molar-refractivity contribution in [1.29, 1.82) is 0 Å². The molecule has 1 saturated carbocycles. The van der Waals surface area contributed by atoms with E-state index in [2.05, 4.69) is 26.7 Å². The number of nitrogens with one attached hydrogen (secondary N) is 1. The Kier molecular flexibility index (Phi) is 2.36. The van der Waals surface area contributed by atoms with Gasteiger partial charge in [0.25, 0.3) is 0 Å². The Labute approximate surface area is 93.8 Å². The molecule has 1 aromatic heterocycles. The predicted octanol–water partition coefficient (Wildman–Crippen LogP) is 1.58. The first-order valence-corrected chi connectivity index (χ1v) is 6.40. The lowest BCUT2D eigenvalue weighted by molar-refractivity contribution is 0.257. The Balaban J connectivity index is 1.60. The van der Waals surface area contributed by atoms with E-state index in [-0.39, 0.29) is 0 Å². The van der Waals surface area contributed by atoms with Gasteiger partial charge in [0.1, 0.15) is 5.00 Å². The molecule has 0 amide bonds. The van der Waals surface area contributed by atoms with E-state index in [1.807, 2.05) is 6.20 Å². The fraction of sp³-hybridized carbons (Fsp3) is 0.800. The highest BCUT2D eigenvalue weighted by atomic mass is 32.1. The van der Waals surface area contributed by atoms with Gasteiger partial charge in [0.2, 0.25) is 0 Å². The molecule has 82 valence electrons. The third kappa shape index (κ3) is 1.99. The minimum atomic E-state index is 0.586.